The van der Waals surface area contributed by atoms with Crippen LogP contribution in [0.5, 0.6) is 0 Å². The minimum absolute atomic E-state index is 0.102. The maximum Gasteiger partial charge on any atom is 0.312 e. The molecule has 0 aliphatic heterocycles. The largest absolute Gasteiger partial charge is 0.461 e. The van der Waals surface area contributed by atoms with Crippen LogP contribution in [0.15, 0.2) is 53.9 Å². The standard InChI is InChI=1S/C18H13ClFNO2S/c19-14-5-3-13(4-6-14)18-21-16(11-24-18)9-17(22)23-10-12-1-7-15(20)8-2-12/h1-8,11H,9-10H2. The Kier molecular flexibility index (Phi) is 5.23. The van der Waals surface area contributed by atoms with E-state index in [0.717, 1.165) is 16.1 Å². The van der Waals surface area contributed by atoms with Crippen LogP contribution >= 0.6 is 22.9 Å². The predicted octanol–water partition coefficient (Wildman–Crippen LogP) is 4.89. The van der Waals surface area contributed by atoms with Crippen LogP contribution in [-0.4, -0.2) is 11.0 Å². The topological polar surface area (TPSA) is 39.2 Å². The van der Waals surface area contributed by atoms with Crippen molar-refractivity contribution in [3.05, 3.63) is 76.0 Å². The van der Waals surface area contributed by atoms with Gasteiger partial charge in [0.2, 0.25) is 0 Å². The molecular formula is C18H13ClFNO2S. The summed E-state index contributed by atoms with van der Waals surface area (Å²) in [7, 11) is 0. The molecule has 3 aromatic rings. The fourth-order valence-electron chi connectivity index (χ4n) is 2.06. The molecule has 0 N–H and O–H groups in total. The first-order chi connectivity index (χ1) is 11.6. The molecular weight excluding hydrogens is 349 g/mol. The fraction of sp³-hybridized carbons (Fsp3) is 0.111. The van der Waals surface area contributed by atoms with Gasteiger partial charge in [-0.15, -0.1) is 11.3 Å². The van der Waals surface area contributed by atoms with E-state index in [-0.39, 0.29) is 24.8 Å². The zero-order valence-electron chi connectivity index (χ0n) is 12.5. The van der Waals surface area contributed by atoms with Crippen LogP contribution in [-0.2, 0) is 22.6 Å². The van der Waals surface area contributed by atoms with E-state index in [0.29, 0.717) is 10.7 Å². The summed E-state index contributed by atoms with van der Waals surface area (Å²) in [5.74, 6) is -0.686. The van der Waals surface area contributed by atoms with Crippen molar-refractivity contribution >= 4 is 28.9 Å². The van der Waals surface area contributed by atoms with Gasteiger partial charge in [-0.3, -0.25) is 4.79 Å². The molecule has 3 nitrogen and oxygen atoms in total. The van der Waals surface area contributed by atoms with Crippen molar-refractivity contribution in [2.45, 2.75) is 13.0 Å². The molecule has 0 aliphatic rings. The Balaban J connectivity index is 1.57. The number of rotatable bonds is 5. The van der Waals surface area contributed by atoms with Crippen molar-refractivity contribution in [3.8, 4) is 10.6 Å². The summed E-state index contributed by atoms with van der Waals surface area (Å²) in [5.41, 5.74) is 2.36. The molecule has 0 fully saturated rings. The average Bonchev–Trinajstić information content (AvgIpc) is 3.03. The third-order valence-corrected chi connectivity index (χ3v) is 4.47. The molecule has 0 radical (unpaired) electrons. The minimum atomic E-state index is -0.368. The first kappa shape index (κ1) is 16.6. The number of hydrogen-bond donors (Lipinski definition) is 0. The van der Waals surface area contributed by atoms with Gasteiger partial charge >= 0.3 is 5.97 Å². The lowest BCUT2D eigenvalue weighted by atomic mass is 10.2. The van der Waals surface area contributed by atoms with E-state index in [4.69, 9.17) is 16.3 Å². The van der Waals surface area contributed by atoms with Crippen LogP contribution in [0, 0.1) is 5.82 Å². The molecule has 122 valence electrons. The van der Waals surface area contributed by atoms with Gasteiger partial charge in [0, 0.05) is 16.0 Å². The van der Waals surface area contributed by atoms with Crippen LogP contribution < -0.4 is 0 Å². The number of thiazole rings is 1. The summed E-state index contributed by atoms with van der Waals surface area (Å²) < 4.78 is 18.0. The summed E-state index contributed by atoms with van der Waals surface area (Å²) in [5, 5.41) is 3.33. The number of benzene rings is 2. The smallest absolute Gasteiger partial charge is 0.312 e. The molecule has 24 heavy (non-hydrogen) atoms. The van der Waals surface area contributed by atoms with Crippen LogP contribution in [0.4, 0.5) is 4.39 Å². The first-order valence-corrected chi connectivity index (χ1v) is 8.46. The van der Waals surface area contributed by atoms with Crippen molar-refractivity contribution in [2.24, 2.45) is 0 Å². The van der Waals surface area contributed by atoms with Gasteiger partial charge in [-0.1, -0.05) is 35.9 Å². The number of ether oxygens (including phenoxy) is 1. The number of nitrogens with zero attached hydrogens (tertiary/aromatic N) is 1. The zero-order chi connectivity index (χ0) is 16.9. The highest BCUT2D eigenvalue weighted by atomic mass is 35.5. The molecule has 0 atom stereocenters. The van der Waals surface area contributed by atoms with Crippen molar-refractivity contribution in [1.82, 2.24) is 4.98 Å². The van der Waals surface area contributed by atoms with Gasteiger partial charge in [-0.2, -0.15) is 0 Å². The van der Waals surface area contributed by atoms with Gasteiger partial charge in [0.05, 0.1) is 12.1 Å². The Bertz CT molecular complexity index is 831. The van der Waals surface area contributed by atoms with Gasteiger partial charge in [0.15, 0.2) is 0 Å². The number of carbonyl (C=O) groups is 1. The number of hydrogen-bond acceptors (Lipinski definition) is 4. The molecule has 0 unspecified atom stereocenters. The third-order valence-electron chi connectivity index (χ3n) is 3.28. The minimum Gasteiger partial charge on any atom is -0.461 e. The van der Waals surface area contributed by atoms with Crippen LogP contribution in [0.1, 0.15) is 11.3 Å². The number of aromatic nitrogens is 1. The number of esters is 1. The van der Waals surface area contributed by atoms with Gasteiger partial charge in [0.1, 0.15) is 17.4 Å². The molecule has 0 saturated carbocycles. The second kappa shape index (κ2) is 7.55. The lowest BCUT2D eigenvalue weighted by Gasteiger charge is -2.03. The summed E-state index contributed by atoms with van der Waals surface area (Å²) in [6.45, 7) is 0.118. The maximum absolute atomic E-state index is 12.8. The van der Waals surface area contributed by atoms with Gasteiger partial charge < -0.3 is 4.74 Å². The predicted molar refractivity (Wildman–Crippen MR) is 92.5 cm³/mol. The fourth-order valence-corrected chi connectivity index (χ4v) is 3.01. The Morgan fingerprint density at radius 2 is 1.83 bits per heavy atom. The van der Waals surface area contributed by atoms with Gasteiger partial charge in [0.25, 0.3) is 0 Å². The Morgan fingerprint density at radius 3 is 2.54 bits per heavy atom. The molecule has 0 bridgehead atoms. The Labute approximate surface area is 147 Å². The van der Waals surface area contributed by atoms with Crippen LogP contribution in [0.25, 0.3) is 10.6 Å². The summed E-state index contributed by atoms with van der Waals surface area (Å²) in [4.78, 5) is 16.3. The van der Waals surface area contributed by atoms with Crippen molar-refractivity contribution in [3.63, 3.8) is 0 Å². The lowest BCUT2D eigenvalue weighted by molar-refractivity contribution is -0.144. The maximum atomic E-state index is 12.8. The molecule has 1 heterocycles. The molecule has 0 amide bonds. The molecule has 1 aromatic heterocycles. The third kappa shape index (κ3) is 4.40. The Hall–Kier alpha value is -2.24. The normalized spacial score (nSPS) is 10.6. The molecule has 0 spiro atoms. The van der Waals surface area contributed by atoms with E-state index >= 15 is 0 Å². The number of halogens is 2. The molecule has 2 aromatic carbocycles. The van der Waals surface area contributed by atoms with Gasteiger partial charge in [-0.25, -0.2) is 9.37 Å². The monoisotopic (exact) mass is 361 g/mol. The second-order valence-corrected chi connectivity index (χ2v) is 6.41. The van der Waals surface area contributed by atoms with E-state index in [9.17, 15) is 9.18 Å². The average molecular weight is 362 g/mol. The molecule has 0 saturated heterocycles. The summed E-state index contributed by atoms with van der Waals surface area (Å²) in [6.07, 6.45) is 0.102. The molecule has 3 rings (SSSR count). The number of carbonyl (C=O) groups excluding carboxylic acids is 1. The van der Waals surface area contributed by atoms with E-state index in [1.807, 2.05) is 17.5 Å². The highest BCUT2D eigenvalue weighted by molar-refractivity contribution is 7.13. The Morgan fingerprint density at radius 1 is 1.12 bits per heavy atom. The van der Waals surface area contributed by atoms with Crippen LogP contribution in [0.3, 0.4) is 0 Å². The van der Waals surface area contributed by atoms with E-state index < -0.39 is 0 Å². The van der Waals surface area contributed by atoms with Crippen molar-refractivity contribution in [1.29, 1.82) is 0 Å². The summed E-state index contributed by atoms with van der Waals surface area (Å²) in [6, 6.07) is 13.2. The van der Waals surface area contributed by atoms with E-state index in [1.165, 1.54) is 23.5 Å². The highest BCUT2D eigenvalue weighted by Crippen LogP contribution is 2.25. The quantitative estimate of drug-likeness (QED) is 0.607. The van der Waals surface area contributed by atoms with E-state index in [1.54, 1.807) is 24.3 Å². The lowest BCUT2D eigenvalue weighted by Crippen LogP contribution is -2.08. The summed E-state index contributed by atoms with van der Waals surface area (Å²) >= 11 is 7.33. The first-order valence-electron chi connectivity index (χ1n) is 7.20. The molecule has 0 aliphatic carbocycles. The zero-order valence-corrected chi connectivity index (χ0v) is 14.1. The SMILES string of the molecule is O=C(Cc1csc(-c2ccc(Cl)cc2)n1)OCc1ccc(F)cc1. The van der Waals surface area contributed by atoms with Crippen molar-refractivity contribution < 1.29 is 13.9 Å². The second-order valence-electron chi connectivity index (χ2n) is 5.11. The van der Waals surface area contributed by atoms with Crippen LogP contribution in [0.2, 0.25) is 5.02 Å². The van der Waals surface area contributed by atoms with Gasteiger partial charge in [-0.05, 0) is 29.8 Å². The van der Waals surface area contributed by atoms with Crippen molar-refractivity contribution in [2.75, 3.05) is 0 Å². The molecule has 6 heteroatoms. The highest BCUT2D eigenvalue weighted by Gasteiger charge is 2.10. The van der Waals surface area contributed by atoms with E-state index in [2.05, 4.69) is 4.98 Å².